The number of alkyl halides is 3. The van der Waals surface area contributed by atoms with E-state index in [9.17, 15) is 23.1 Å². The third kappa shape index (κ3) is 4.56. The van der Waals surface area contributed by atoms with Crippen LogP contribution in [-0.2, 0) is 21.7 Å². The van der Waals surface area contributed by atoms with Gasteiger partial charge in [0, 0.05) is 23.9 Å². The Kier molecular flexibility index (Phi) is 5.81. The Hall–Kier alpha value is -1.97. The van der Waals surface area contributed by atoms with Crippen molar-refractivity contribution in [2.45, 2.75) is 31.7 Å². The lowest BCUT2D eigenvalue weighted by atomic mass is 9.99. The number of nitrogens with one attached hydrogen (secondary N) is 1. The first-order chi connectivity index (χ1) is 11.7. The maximum absolute atomic E-state index is 13.4. The molecule has 0 saturated carbocycles. The number of methoxy groups -OCH3 is 1. The summed E-state index contributed by atoms with van der Waals surface area (Å²) >= 11 is 0.663. The van der Waals surface area contributed by atoms with Crippen LogP contribution in [0, 0.1) is 6.92 Å². The minimum absolute atomic E-state index is 0.300. The number of aryl methyl sites for hydroxylation is 1. The van der Waals surface area contributed by atoms with Gasteiger partial charge in [-0.25, -0.2) is 4.98 Å². The summed E-state index contributed by atoms with van der Waals surface area (Å²) in [5.74, 6) is -0.970. The molecule has 1 atom stereocenters. The Balaban J connectivity index is 2.19. The first-order valence-electron chi connectivity index (χ1n) is 7.25. The molecule has 25 heavy (non-hydrogen) atoms. The topological polar surface area (TPSA) is 71.5 Å². The maximum Gasteiger partial charge on any atom is 0.424 e. The average molecular weight is 374 g/mol. The highest BCUT2D eigenvalue weighted by Crippen LogP contribution is 2.42. The van der Waals surface area contributed by atoms with Crippen molar-refractivity contribution in [3.8, 4) is 0 Å². The summed E-state index contributed by atoms with van der Waals surface area (Å²) in [4.78, 5) is 15.8. The minimum Gasteiger partial charge on any atom is -0.380 e. The molecule has 0 radical (unpaired) electrons. The van der Waals surface area contributed by atoms with Crippen molar-refractivity contribution in [3.63, 3.8) is 0 Å². The molecule has 0 fully saturated rings. The third-order valence-corrected chi connectivity index (χ3v) is 4.49. The van der Waals surface area contributed by atoms with Gasteiger partial charge in [-0.1, -0.05) is 12.1 Å². The predicted molar refractivity (Wildman–Crippen MR) is 87.2 cm³/mol. The summed E-state index contributed by atoms with van der Waals surface area (Å²) in [6, 6.07) is 6.52. The number of hydrogen-bond donors (Lipinski definition) is 2. The molecule has 1 unspecified atom stereocenters. The van der Waals surface area contributed by atoms with Gasteiger partial charge in [-0.05, 0) is 24.6 Å². The Labute approximate surface area is 146 Å². The van der Waals surface area contributed by atoms with Crippen molar-refractivity contribution in [1.82, 2.24) is 4.98 Å². The second-order valence-corrected chi connectivity index (χ2v) is 6.37. The standard InChI is InChI=1S/C16H17F3N2O3S/c1-10-9-25-14(20-10)15(23,16(17,18)19)7-13(22)21-12-5-3-4-11(6-12)8-24-2/h3-6,9,23H,7-8H2,1-2H3,(H,21,22). The van der Waals surface area contributed by atoms with Gasteiger partial charge < -0.3 is 15.2 Å². The summed E-state index contributed by atoms with van der Waals surface area (Å²) in [6.45, 7) is 1.81. The van der Waals surface area contributed by atoms with Crippen molar-refractivity contribution in [2.75, 3.05) is 12.4 Å². The van der Waals surface area contributed by atoms with Crippen LogP contribution < -0.4 is 5.32 Å². The van der Waals surface area contributed by atoms with Crippen LogP contribution in [0.3, 0.4) is 0 Å². The fourth-order valence-corrected chi connectivity index (χ4v) is 3.10. The van der Waals surface area contributed by atoms with Crippen LogP contribution in [-0.4, -0.2) is 29.3 Å². The molecular weight excluding hydrogens is 357 g/mol. The summed E-state index contributed by atoms with van der Waals surface area (Å²) in [5.41, 5.74) is -1.92. The van der Waals surface area contributed by atoms with E-state index < -0.39 is 29.1 Å². The van der Waals surface area contributed by atoms with Crippen molar-refractivity contribution in [1.29, 1.82) is 0 Å². The number of nitrogens with zero attached hydrogens (tertiary/aromatic N) is 1. The van der Waals surface area contributed by atoms with Crippen LogP contribution >= 0.6 is 11.3 Å². The molecule has 9 heteroatoms. The number of carbonyl (C=O) groups is 1. The van der Waals surface area contributed by atoms with Gasteiger partial charge in [-0.3, -0.25) is 4.79 Å². The summed E-state index contributed by atoms with van der Waals surface area (Å²) in [7, 11) is 1.50. The number of amides is 1. The number of hydrogen-bond acceptors (Lipinski definition) is 5. The largest absolute Gasteiger partial charge is 0.424 e. The Morgan fingerprint density at radius 2 is 2.12 bits per heavy atom. The van der Waals surface area contributed by atoms with E-state index in [1.165, 1.54) is 25.5 Å². The van der Waals surface area contributed by atoms with E-state index in [4.69, 9.17) is 4.74 Å². The third-order valence-electron chi connectivity index (χ3n) is 3.38. The molecule has 2 rings (SSSR count). The first-order valence-corrected chi connectivity index (χ1v) is 8.13. The average Bonchev–Trinajstić information content (AvgIpc) is 2.93. The molecule has 0 aliphatic carbocycles. The predicted octanol–water partition coefficient (Wildman–Crippen LogP) is 3.38. The number of thiazole rings is 1. The number of ether oxygens (including phenoxy) is 1. The van der Waals surface area contributed by atoms with Crippen LogP contribution in [0.2, 0.25) is 0 Å². The van der Waals surface area contributed by atoms with E-state index in [2.05, 4.69) is 10.3 Å². The first kappa shape index (κ1) is 19.4. The molecule has 0 aliphatic rings. The van der Waals surface area contributed by atoms with Crippen LogP contribution in [0.1, 0.15) is 22.7 Å². The number of anilines is 1. The molecule has 2 N–H and O–H groups in total. The fourth-order valence-electron chi connectivity index (χ4n) is 2.18. The molecule has 0 aliphatic heterocycles. The van der Waals surface area contributed by atoms with Crippen LogP contribution in [0.25, 0.3) is 0 Å². The number of benzene rings is 1. The summed E-state index contributed by atoms with van der Waals surface area (Å²) < 4.78 is 45.1. The maximum atomic E-state index is 13.4. The number of rotatable bonds is 6. The van der Waals surface area contributed by atoms with E-state index in [1.807, 2.05) is 0 Å². The van der Waals surface area contributed by atoms with E-state index >= 15 is 0 Å². The monoisotopic (exact) mass is 374 g/mol. The van der Waals surface area contributed by atoms with Gasteiger partial charge >= 0.3 is 6.18 Å². The highest BCUT2D eigenvalue weighted by Gasteiger charge is 2.58. The minimum atomic E-state index is -5.04. The number of aliphatic hydroxyl groups is 1. The molecule has 1 aromatic carbocycles. The van der Waals surface area contributed by atoms with Crippen molar-refractivity contribution >= 4 is 22.9 Å². The van der Waals surface area contributed by atoms with Gasteiger partial charge in [0.15, 0.2) is 0 Å². The zero-order chi connectivity index (χ0) is 18.7. The van der Waals surface area contributed by atoms with Crippen molar-refractivity contribution in [3.05, 3.63) is 45.9 Å². The molecule has 1 amide bonds. The molecule has 5 nitrogen and oxygen atoms in total. The second-order valence-electron chi connectivity index (χ2n) is 5.51. The molecule has 0 saturated heterocycles. The van der Waals surface area contributed by atoms with Crippen LogP contribution in [0.4, 0.5) is 18.9 Å². The van der Waals surface area contributed by atoms with Gasteiger partial charge in [0.1, 0.15) is 5.01 Å². The molecule has 2 aromatic rings. The molecule has 136 valence electrons. The smallest absolute Gasteiger partial charge is 0.380 e. The fraction of sp³-hybridized carbons (Fsp3) is 0.375. The Morgan fingerprint density at radius 3 is 2.68 bits per heavy atom. The second kappa shape index (κ2) is 7.51. The lowest BCUT2D eigenvalue weighted by Crippen LogP contribution is -2.45. The van der Waals surface area contributed by atoms with E-state index in [0.29, 0.717) is 29.3 Å². The zero-order valence-electron chi connectivity index (χ0n) is 13.6. The SMILES string of the molecule is COCc1cccc(NC(=O)CC(O)(c2nc(C)cs2)C(F)(F)F)c1. The number of halogens is 3. The highest BCUT2D eigenvalue weighted by molar-refractivity contribution is 7.09. The lowest BCUT2D eigenvalue weighted by Gasteiger charge is -2.27. The quantitative estimate of drug-likeness (QED) is 0.813. The molecular formula is C16H17F3N2O3S. The molecule has 0 bridgehead atoms. The molecule has 1 heterocycles. The molecule has 1 aromatic heterocycles. The van der Waals surface area contributed by atoms with Gasteiger partial charge in [-0.15, -0.1) is 11.3 Å². The summed E-state index contributed by atoms with van der Waals surface area (Å²) in [6.07, 6.45) is -6.22. The van der Waals surface area contributed by atoms with E-state index in [1.54, 1.807) is 18.2 Å². The van der Waals surface area contributed by atoms with Crippen molar-refractivity contribution < 1.29 is 27.8 Å². The van der Waals surface area contributed by atoms with Crippen molar-refractivity contribution in [2.24, 2.45) is 0 Å². The zero-order valence-corrected chi connectivity index (χ0v) is 14.4. The Bertz CT molecular complexity index is 748. The van der Waals surface area contributed by atoms with E-state index in [0.717, 1.165) is 5.56 Å². The van der Waals surface area contributed by atoms with Crippen LogP contribution in [0.5, 0.6) is 0 Å². The summed E-state index contributed by atoms with van der Waals surface area (Å²) in [5, 5.41) is 13.4. The van der Waals surface area contributed by atoms with Gasteiger partial charge in [0.05, 0.1) is 13.0 Å². The lowest BCUT2D eigenvalue weighted by molar-refractivity contribution is -0.266. The number of carbonyl (C=O) groups excluding carboxylic acids is 1. The van der Waals surface area contributed by atoms with E-state index in [-0.39, 0.29) is 0 Å². The Morgan fingerprint density at radius 1 is 1.40 bits per heavy atom. The van der Waals surface area contributed by atoms with Gasteiger partial charge in [-0.2, -0.15) is 13.2 Å². The number of aromatic nitrogens is 1. The van der Waals surface area contributed by atoms with Gasteiger partial charge in [0.2, 0.25) is 11.5 Å². The normalized spacial score (nSPS) is 14.2. The molecule has 0 spiro atoms. The van der Waals surface area contributed by atoms with Gasteiger partial charge in [0.25, 0.3) is 0 Å². The van der Waals surface area contributed by atoms with Crippen LogP contribution in [0.15, 0.2) is 29.6 Å². The highest BCUT2D eigenvalue weighted by atomic mass is 32.1.